The molecule has 11 heteroatoms. The highest BCUT2D eigenvalue weighted by atomic mass is 35.5. The zero-order chi connectivity index (χ0) is 22.1. The zero-order valence-corrected chi connectivity index (χ0v) is 19.0. The van der Waals surface area contributed by atoms with Crippen LogP contribution in [-0.2, 0) is 9.57 Å². The molecule has 2 aromatic carbocycles. The average molecular weight is 500 g/mol. The molecule has 1 aliphatic heterocycles. The van der Waals surface area contributed by atoms with Gasteiger partial charge >= 0.3 is 0 Å². The summed E-state index contributed by atoms with van der Waals surface area (Å²) in [6.45, 7) is 2.37. The number of ether oxygens (including phenoxy) is 1. The summed E-state index contributed by atoms with van der Waals surface area (Å²) in [5, 5.41) is 12.3. The molecule has 4 rings (SSSR count). The Hall–Kier alpha value is -2.45. The summed E-state index contributed by atoms with van der Waals surface area (Å²) >= 11 is 25.2. The van der Waals surface area contributed by atoms with Crippen LogP contribution >= 0.6 is 46.4 Å². The standard InChI is InChI=1S/C20H14Cl4N4O3/c1-10-7-16(28(26-10)18-13(22)3-2-4-14(18)23)19(29)25-17-12(8-11(21)9-15(17)24)20-27-31-6-5-30-20/h2-4,7-9H,5-6H2,1H3,(H,25,29). The van der Waals surface area contributed by atoms with Gasteiger partial charge in [0.15, 0.2) is 6.61 Å². The van der Waals surface area contributed by atoms with Crippen LogP contribution in [-0.4, -0.2) is 34.8 Å². The number of halogens is 4. The van der Waals surface area contributed by atoms with Crippen LogP contribution in [0.25, 0.3) is 5.69 Å². The third-order valence-corrected chi connectivity index (χ3v) is 5.42. The Morgan fingerprint density at radius 1 is 1.06 bits per heavy atom. The number of carbonyl (C=O) groups excluding carboxylic acids is 1. The molecule has 1 aliphatic rings. The second-order valence-corrected chi connectivity index (χ2v) is 8.15. The molecular weight excluding hydrogens is 486 g/mol. The van der Waals surface area contributed by atoms with Gasteiger partial charge in [-0.15, -0.1) is 0 Å². The second kappa shape index (κ2) is 8.96. The predicted molar refractivity (Wildman–Crippen MR) is 121 cm³/mol. The number of hydrogen-bond donors (Lipinski definition) is 1. The van der Waals surface area contributed by atoms with Crippen LogP contribution < -0.4 is 5.32 Å². The van der Waals surface area contributed by atoms with Gasteiger partial charge < -0.3 is 14.9 Å². The van der Waals surface area contributed by atoms with Gasteiger partial charge in [0, 0.05) is 5.02 Å². The smallest absolute Gasteiger partial charge is 0.274 e. The van der Waals surface area contributed by atoms with Gasteiger partial charge in [0.25, 0.3) is 11.8 Å². The van der Waals surface area contributed by atoms with Gasteiger partial charge in [0.1, 0.15) is 18.0 Å². The lowest BCUT2D eigenvalue weighted by molar-refractivity contribution is 0.0656. The number of anilines is 1. The number of nitrogens with zero attached hydrogens (tertiary/aromatic N) is 3. The fourth-order valence-electron chi connectivity index (χ4n) is 3.00. The normalized spacial score (nSPS) is 13.3. The van der Waals surface area contributed by atoms with E-state index in [4.69, 9.17) is 56.0 Å². The molecule has 3 aromatic rings. The van der Waals surface area contributed by atoms with Gasteiger partial charge in [-0.2, -0.15) is 5.10 Å². The van der Waals surface area contributed by atoms with Crippen LogP contribution in [0.4, 0.5) is 5.69 Å². The minimum absolute atomic E-state index is 0.157. The molecule has 7 nitrogen and oxygen atoms in total. The second-order valence-electron chi connectivity index (χ2n) is 6.50. The number of oxime groups is 1. The highest BCUT2D eigenvalue weighted by Crippen LogP contribution is 2.33. The molecule has 0 bridgehead atoms. The summed E-state index contributed by atoms with van der Waals surface area (Å²) in [5.74, 6) is -0.343. The summed E-state index contributed by atoms with van der Waals surface area (Å²) in [5.41, 5.74) is 1.82. The molecule has 0 unspecified atom stereocenters. The molecular formula is C20H14Cl4N4O3. The molecule has 0 spiro atoms. The third kappa shape index (κ3) is 4.45. The number of nitrogens with one attached hydrogen (secondary N) is 1. The Bertz CT molecular complexity index is 1190. The number of para-hydroxylation sites is 1. The molecule has 31 heavy (non-hydrogen) atoms. The minimum Gasteiger partial charge on any atom is -0.471 e. The highest BCUT2D eigenvalue weighted by Gasteiger charge is 2.24. The Morgan fingerprint density at radius 2 is 1.81 bits per heavy atom. The van der Waals surface area contributed by atoms with E-state index in [0.29, 0.717) is 45.2 Å². The number of aryl methyl sites for hydroxylation is 1. The van der Waals surface area contributed by atoms with Gasteiger partial charge in [-0.25, -0.2) is 4.68 Å². The molecule has 160 valence electrons. The number of carbonyl (C=O) groups is 1. The zero-order valence-electron chi connectivity index (χ0n) is 16.0. The average Bonchev–Trinajstić information content (AvgIpc) is 3.11. The Kier molecular flexibility index (Phi) is 6.29. The van der Waals surface area contributed by atoms with Crippen LogP contribution in [0.3, 0.4) is 0 Å². The van der Waals surface area contributed by atoms with Crippen LogP contribution in [0.1, 0.15) is 21.7 Å². The first-order valence-corrected chi connectivity index (χ1v) is 10.5. The van der Waals surface area contributed by atoms with Crippen molar-refractivity contribution in [2.24, 2.45) is 5.16 Å². The maximum Gasteiger partial charge on any atom is 0.274 e. The fourth-order valence-corrected chi connectivity index (χ4v) is 4.10. The largest absolute Gasteiger partial charge is 0.471 e. The molecule has 0 radical (unpaired) electrons. The molecule has 0 saturated carbocycles. The van der Waals surface area contributed by atoms with E-state index in [1.807, 2.05) is 0 Å². The number of amides is 1. The molecule has 2 heterocycles. The van der Waals surface area contributed by atoms with E-state index in [1.54, 1.807) is 37.3 Å². The first-order valence-electron chi connectivity index (χ1n) is 8.99. The third-order valence-electron chi connectivity index (χ3n) is 4.30. The quantitative estimate of drug-likeness (QED) is 0.495. The summed E-state index contributed by atoms with van der Waals surface area (Å²) in [4.78, 5) is 18.3. The molecule has 0 aliphatic carbocycles. The summed E-state index contributed by atoms with van der Waals surface area (Å²) < 4.78 is 6.92. The fraction of sp³-hybridized carbons (Fsp3) is 0.150. The van der Waals surface area contributed by atoms with E-state index in [-0.39, 0.29) is 22.3 Å². The lowest BCUT2D eigenvalue weighted by atomic mass is 10.1. The molecule has 0 fully saturated rings. The molecule has 1 N–H and O–H groups in total. The monoisotopic (exact) mass is 498 g/mol. The number of benzene rings is 2. The van der Waals surface area contributed by atoms with E-state index in [0.717, 1.165) is 0 Å². The molecule has 1 amide bonds. The van der Waals surface area contributed by atoms with Crippen molar-refractivity contribution in [1.29, 1.82) is 0 Å². The van der Waals surface area contributed by atoms with E-state index < -0.39 is 5.91 Å². The topological polar surface area (TPSA) is 77.7 Å². The van der Waals surface area contributed by atoms with Crippen molar-refractivity contribution in [3.8, 4) is 5.69 Å². The van der Waals surface area contributed by atoms with Crippen molar-refractivity contribution >= 4 is 63.9 Å². The van der Waals surface area contributed by atoms with E-state index in [9.17, 15) is 4.79 Å². The van der Waals surface area contributed by atoms with Gasteiger partial charge in [0.2, 0.25) is 0 Å². The maximum atomic E-state index is 13.3. The summed E-state index contributed by atoms with van der Waals surface area (Å²) in [6, 6.07) is 9.71. The van der Waals surface area contributed by atoms with Gasteiger partial charge in [0.05, 0.1) is 32.0 Å². The van der Waals surface area contributed by atoms with Crippen molar-refractivity contribution in [3.05, 3.63) is 73.4 Å². The van der Waals surface area contributed by atoms with Gasteiger partial charge in [-0.05, 0) is 42.4 Å². The van der Waals surface area contributed by atoms with E-state index in [1.165, 1.54) is 10.7 Å². The van der Waals surface area contributed by atoms with Crippen LogP contribution in [0, 0.1) is 6.92 Å². The molecule has 0 atom stereocenters. The minimum atomic E-state index is -0.501. The molecule has 1 aromatic heterocycles. The maximum absolute atomic E-state index is 13.3. The van der Waals surface area contributed by atoms with Gasteiger partial charge in [-0.1, -0.05) is 52.5 Å². The van der Waals surface area contributed by atoms with Crippen molar-refractivity contribution in [2.75, 3.05) is 18.5 Å². The van der Waals surface area contributed by atoms with Crippen LogP contribution in [0.2, 0.25) is 20.1 Å². The molecule has 0 saturated heterocycles. The Balaban J connectivity index is 1.77. The van der Waals surface area contributed by atoms with Crippen molar-refractivity contribution in [1.82, 2.24) is 9.78 Å². The van der Waals surface area contributed by atoms with Crippen molar-refractivity contribution in [2.45, 2.75) is 6.92 Å². The lowest BCUT2D eigenvalue weighted by Crippen LogP contribution is -2.22. The highest BCUT2D eigenvalue weighted by molar-refractivity contribution is 6.38. The van der Waals surface area contributed by atoms with Crippen molar-refractivity contribution < 1.29 is 14.4 Å². The first kappa shape index (κ1) is 21.8. The van der Waals surface area contributed by atoms with E-state index >= 15 is 0 Å². The number of hydrogen-bond acceptors (Lipinski definition) is 5. The van der Waals surface area contributed by atoms with Crippen LogP contribution in [0.15, 0.2) is 41.6 Å². The van der Waals surface area contributed by atoms with Gasteiger partial charge in [-0.3, -0.25) is 4.79 Å². The Labute approximate surface area is 197 Å². The van der Waals surface area contributed by atoms with Crippen LogP contribution in [0.5, 0.6) is 0 Å². The SMILES string of the molecule is Cc1cc(C(=O)Nc2c(Cl)cc(Cl)cc2C2=NOCCO2)n(-c2c(Cl)cccc2Cl)n1. The summed E-state index contributed by atoms with van der Waals surface area (Å²) in [6.07, 6.45) is 0. The lowest BCUT2D eigenvalue weighted by Gasteiger charge is -2.18. The predicted octanol–water partition coefficient (Wildman–Crippen LogP) is 5.76. The number of rotatable bonds is 4. The summed E-state index contributed by atoms with van der Waals surface area (Å²) in [7, 11) is 0. The Morgan fingerprint density at radius 3 is 2.48 bits per heavy atom. The van der Waals surface area contributed by atoms with Crippen molar-refractivity contribution in [3.63, 3.8) is 0 Å². The number of aromatic nitrogens is 2. The van der Waals surface area contributed by atoms with E-state index in [2.05, 4.69) is 15.6 Å². The first-order chi connectivity index (χ1) is 14.8.